The molecule has 0 aliphatic heterocycles. The Bertz CT molecular complexity index is 219. The van der Waals surface area contributed by atoms with E-state index in [0.29, 0.717) is 0 Å². The van der Waals surface area contributed by atoms with Crippen molar-refractivity contribution in [1.29, 1.82) is 0 Å². The normalized spacial score (nSPS) is 13.3. The molecule has 8 heteroatoms. The average Bonchev–Trinajstić information content (AvgIpc) is 1.78. The Morgan fingerprint density at radius 2 is 1.83 bits per heavy atom. The van der Waals surface area contributed by atoms with Crippen LogP contribution < -0.4 is 0 Å². The van der Waals surface area contributed by atoms with Crippen molar-refractivity contribution in [2.45, 2.75) is 6.18 Å². The summed E-state index contributed by atoms with van der Waals surface area (Å²) in [7, 11) is -4.59. The monoisotopic (exact) mass is 208 g/mol. The number of aliphatic hydroxyl groups excluding tert-OH is 1. The van der Waals surface area contributed by atoms with Crippen molar-refractivity contribution < 1.29 is 30.9 Å². The van der Waals surface area contributed by atoms with Gasteiger partial charge in [0.15, 0.2) is 5.75 Å². The van der Waals surface area contributed by atoms with Gasteiger partial charge >= 0.3 is 6.18 Å². The molecule has 0 heterocycles. The molecule has 0 fully saturated rings. The van der Waals surface area contributed by atoms with E-state index < -0.39 is 35.3 Å². The molecule has 0 saturated carbocycles. The fourth-order valence-electron chi connectivity index (χ4n) is 0.406. The lowest BCUT2D eigenvalue weighted by Crippen LogP contribution is -2.25. The topological polar surface area (TPSA) is 63.6 Å². The van der Waals surface area contributed by atoms with Crippen LogP contribution >= 0.6 is 0 Å². The molecule has 12 heavy (non-hydrogen) atoms. The second kappa shape index (κ2) is 4.06. The Morgan fingerprint density at radius 3 is 2.17 bits per heavy atom. The zero-order chi connectivity index (χ0) is 9.83. The minimum Gasteiger partial charge on any atom is -0.394 e. The Labute approximate surface area is 67.1 Å². The number of aliphatic hydroxyl groups is 1. The lowest BCUT2D eigenvalue weighted by molar-refractivity contribution is -0.107. The summed E-state index contributed by atoms with van der Waals surface area (Å²) < 4.78 is 58.8. The van der Waals surface area contributed by atoms with Gasteiger partial charge in [0.1, 0.15) is 0 Å². The van der Waals surface area contributed by atoms with Crippen molar-refractivity contribution in [2.75, 3.05) is 19.0 Å². The van der Waals surface area contributed by atoms with Gasteiger partial charge in [-0.3, -0.25) is 4.18 Å². The van der Waals surface area contributed by atoms with Crippen molar-refractivity contribution >= 4 is 10.1 Å². The van der Waals surface area contributed by atoms with Crippen molar-refractivity contribution in [1.82, 2.24) is 0 Å². The van der Waals surface area contributed by atoms with Crippen LogP contribution in [0.1, 0.15) is 0 Å². The summed E-state index contributed by atoms with van der Waals surface area (Å²) in [5, 5.41) is 8.06. The molecule has 0 aromatic rings. The first kappa shape index (κ1) is 11.7. The van der Waals surface area contributed by atoms with E-state index >= 15 is 0 Å². The Morgan fingerprint density at radius 1 is 1.33 bits per heavy atom. The maximum absolute atomic E-state index is 11.5. The smallest absolute Gasteiger partial charge is 0.394 e. The molecule has 4 nitrogen and oxygen atoms in total. The number of hydrogen-bond acceptors (Lipinski definition) is 4. The van der Waals surface area contributed by atoms with Crippen LogP contribution in [0.2, 0.25) is 0 Å². The number of halogens is 3. The van der Waals surface area contributed by atoms with Crippen LogP contribution in [0.4, 0.5) is 13.2 Å². The fraction of sp³-hybridized carbons (Fsp3) is 1.00. The molecule has 0 aromatic carbocycles. The third-order valence-corrected chi connectivity index (χ3v) is 1.90. The molecular formula is C4H7F3O4S. The standard InChI is InChI=1S/C4H7F3O4S/c5-4(6,7)3-12(9,10)11-2-1-8/h8H,1-3H2. The molecule has 74 valence electrons. The molecule has 0 aromatic heterocycles. The van der Waals surface area contributed by atoms with Gasteiger partial charge < -0.3 is 5.11 Å². The van der Waals surface area contributed by atoms with Crippen LogP contribution in [-0.2, 0) is 14.3 Å². The van der Waals surface area contributed by atoms with Crippen LogP contribution in [0, 0.1) is 0 Å². The average molecular weight is 208 g/mol. The van der Waals surface area contributed by atoms with Crippen molar-refractivity contribution in [2.24, 2.45) is 0 Å². The van der Waals surface area contributed by atoms with Gasteiger partial charge in [-0.05, 0) is 0 Å². The third-order valence-electron chi connectivity index (χ3n) is 0.695. The van der Waals surface area contributed by atoms with Crippen molar-refractivity contribution in [3.8, 4) is 0 Å². The van der Waals surface area contributed by atoms with E-state index in [1.54, 1.807) is 0 Å². The van der Waals surface area contributed by atoms with Gasteiger partial charge in [0, 0.05) is 0 Å². The highest BCUT2D eigenvalue weighted by molar-refractivity contribution is 7.86. The lowest BCUT2D eigenvalue weighted by Gasteiger charge is -2.06. The predicted molar refractivity (Wildman–Crippen MR) is 32.9 cm³/mol. The van der Waals surface area contributed by atoms with E-state index in [4.69, 9.17) is 5.11 Å². The number of rotatable bonds is 4. The Hall–Kier alpha value is -0.340. The molecular weight excluding hydrogens is 201 g/mol. The molecule has 0 aliphatic rings. The van der Waals surface area contributed by atoms with E-state index in [2.05, 4.69) is 4.18 Å². The molecule has 0 amide bonds. The summed E-state index contributed by atoms with van der Waals surface area (Å²) in [5.74, 6) is -2.03. The highest BCUT2D eigenvalue weighted by atomic mass is 32.2. The molecule has 0 radical (unpaired) electrons. The van der Waals surface area contributed by atoms with Crippen molar-refractivity contribution in [3.63, 3.8) is 0 Å². The van der Waals surface area contributed by atoms with Crippen LogP contribution in [0.15, 0.2) is 0 Å². The van der Waals surface area contributed by atoms with Crippen molar-refractivity contribution in [3.05, 3.63) is 0 Å². The molecule has 1 N–H and O–H groups in total. The van der Waals surface area contributed by atoms with Gasteiger partial charge in [-0.2, -0.15) is 21.6 Å². The summed E-state index contributed by atoms with van der Waals surface area (Å²) in [6, 6.07) is 0. The van der Waals surface area contributed by atoms with Gasteiger partial charge in [0.2, 0.25) is 0 Å². The maximum atomic E-state index is 11.5. The summed E-state index contributed by atoms with van der Waals surface area (Å²) in [5.41, 5.74) is 0. The third kappa shape index (κ3) is 6.38. The SMILES string of the molecule is O=S(=O)(CC(F)(F)F)OCCO. The zero-order valence-corrected chi connectivity index (χ0v) is 6.65. The van der Waals surface area contributed by atoms with Gasteiger partial charge in [0.25, 0.3) is 10.1 Å². The molecule has 0 rings (SSSR count). The minimum atomic E-state index is -4.81. The van der Waals surface area contributed by atoms with Crippen LogP contribution in [-0.4, -0.2) is 38.7 Å². The first-order valence-corrected chi connectivity index (χ1v) is 4.39. The maximum Gasteiger partial charge on any atom is 0.405 e. The van der Waals surface area contributed by atoms with Crippen LogP contribution in [0.5, 0.6) is 0 Å². The van der Waals surface area contributed by atoms with Crippen LogP contribution in [0.3, 0.4) is 0 Å². The number of hydrogen-bond donors (Lipinski definition) is 1. The Kier molecular flexibility index (Phi) is 3.94. The zero-order valence-electron chi connectivity index (χ0n) is 5.84. The highest BCUT2D eigenvalue weighted by Crippen LogP contribution is 2.17. The first-order chi connectivity index (χ1) is 5.27. The summed E-state index contributed by atoms with van der Waals surface area (Å²) in [4.78, 5) is 0. The second-order valence-electron chi connectivity index (χ2n) is 1.86. The van der Waals surface area contributed by atoms with E-state index in [0.717, 1.165) is 0 Å². The quantitative estimate of drug-likeness (QED) is 0.654. The fourth-order valence-corrected chi connectivity index (χ4v) is 1.22. The van der Waals surface area contributed by atoms with Gasteiger partial charge in [0.05, 0.1) is 13.2 Å². The molecule has 0 aliphatic carbocycles. The molecule has 0 spiro atoms. The lowest BCUT2D eigenvalue weighted by atomic mass is 10.8. The Balaban J connectivity index is 4.06. The molecule has 0 saturated heterocycles. The summed E-state index contributed by atoms with van der Waals surface area (Å²) in [6.07, 6.45) is -4.81. The molecule has 0 unspecified atom stereocenters. The van der Waals surface area contributed by atoms with Gasteiger partial charge in [-0.25, -0.2) is 0 Å². The molecule has 0 atom stereocenters. The van der Waals surface area contributed by atoms with Gasteiger partial charge in [-0.15, -0.1) is 0 Å². The minimum absolute atomic E-state index is 0.642. The summed E-state index contributed by atoms with van der Waals surface area (Å²) >= 11 is 0. The largest absolute Gasteiger partial charge is 0.405 e. The van der Waals surface area contributed by atoms with Gasteiger partial charge in [-0.1, -0.05) is 0 Å². The van der Waals surface area contributed by atoms with Crippen LogP contribution in [0.25, 0.3) is 0 Å². The molecule has 0 bridgehead atoms. The van der Waals surface area contributed by atoms with E-state index in [1.807, 2.05) is 0 Å². The van der Waals surface area contributed by atoms with E-state index in [-0.39, 0.29) is 0 Å². The highest BCUT2D eigenvalue weighted by Gasteiger charge is 2.35. The predicted octanol–water partition coefficient (Wildman–Crippen LogP) is -0.113. The van der Waals surface area contributed by atoms with E-state index in [9.17, 15) is 21.6 Å². The van der Waals surface area contributed by atoms with E-state index in [1.165, 1.54) is 0 Å². The first-order valence-electron chi connectivity index (χ1n) is 2.81. The summed E-state index contributed by atoms with van der Waals surface area (Å²) in [6.45, 7) is -1.30. The number of alkyl halides is 3. The second-order valence-corrected chi connectivity index (χ2v) is 3.50.